The van der Waals surface area contributed by atoms with Crippen molar-refractivity contribution in [2.24, 2.45) is 47.3 Å². The van der Waals surface area contributed by atoms with E-state index in [0.717, 1.165) is 117 Å². The third-order valence-corrected chi connectivity index (χ3v) is 30.7. The summed E-state index contributed by atoms with van der Waals surface area (Å²) in [5.41, 5.74) is 11.0. The van der Waals surface area contributed by atoms with Crippen molar-refractivity contribution >= 4 is 45.2 Å². The minimum atomic E-state index is -0.748. The van der Waals surface area contributed by atoms with E-state index in [1.54, 1.807) is 126 Å². The molecule has 0 bridgehead atoms. The molecule has 1 saturated heterocycles. The number of benzene rings is 5. The Hall–Kier alpha value is -16.2. The van der Waals surface area contributed by atoms with Gasteiger partial charge in [0.15, 0.2) is 52.2 Å². The molecule has 0 unspecified atom stereocenters. The van der Waals surface area contributed by atoms with Gasteiger partial charge >= 0.3 is 0 Å². The number of fused-ring (bicyclic) bond motifs is 14. The Morgan fingerprint density at radius 1 is 0.373 bits per heavy atom. The lowest BCUT2D eigenvalue weighted by atomic mass is 9.58. The van der Waals surface area contributed by atoms with Crippen LogP contribution < -0.4 is 4.90 Å². The number of hydrogen-bond donors (Lipinski definition) is 0. The molecule has 0 saturated carbocycles. The predicted octanol–water partition coefficient (Wildman–Crippen LogP) is 22.1. The van der Waals surface area contributed by atoms with Crippen molar-refractivity contribution in [3.8, 4) is 90.6 Å². The van der Waals surface area contributed by atoms with Gasteiger partial charge in [-0.1, -0.05) is 159 Å². The molecule has 23 nitrogen and oxygen atoms in total. The number of rotatable bonds is 9. The maximum absolute atomic E-state index is 15.2. The van der Waals surface area contributed by atoms with Gasteiger partial charge in [-0.3, -0.25) is 9.97 Å². The lowest BCUT2D eigenvalue weighted by Gasteiger charge is -2.46. The number of carbonyl (C=O) groups is 4. The average Bonchev–Trinajstić information content (AvgIpc) is 1.18. The van der Waals surface area contributed by atoms with E-state index in [4.69, 9.17) is 65.9 Å². The van der Waals surface area contributed by atoms with E-state index >= 15 is 13.2 Å². The normalized spacial score (nSPS) is 23.7. The van der Waals surface area contributed by atoms with Crippen molar-refractivity contribution < 1.29 is 45.9 Å². The number of Topliss-reactive ketones (excluding diaryl/α,β-unsaturated/α-hetero) is 4. The van der Waals surface area contributed by atoms with Crippen LogP contribution in [0.5, 0.6) is 0 Å². The number of ether oxygens (including phenoxy) is 1. The molecule has 0 amide bonds. The molecule has 28 heteroatoms. The van der Waals surface area contributed by atoms with E-state index in [2.05, 4.69) is 56.2 Å². The van der Waals surface area contributed by atoms with Crippen LogP contribution >= 0.6 is 0 Å². The largest absolute Gasteiger partial charge is 0.378 e. The van der Waals surface area contributed by atoms with Gasteiger partial charge in [0.1, 0.15) is 29.1 Å². The second-order valence-corrected chi connectivity index (χ2v) is 38.6. The zero-order chi connectivity index (χ0) is 99.1. The van der Waals surface area contributed by atoms with Crippen LogP contribution in [0.2, 0.25) is 0 Å². The van der Waals surface area contributed by atoms with Gasteiger partial charge in [-0.05, 0) is 159 Å². The van der Waals surface area contributed by atoms with Crippen LogP contribution in [0.4, 0.5) is 27.8 Å². The highest BCUT2D eigenvalue weighted by Gasteiger charge is 2.55. The number of allylic oxidation sites excluding steroid dienone is 8. The summed E-state index contributed by atoms with van der Waals surface area (Å²) in [5.74, 6) is -1.61. The first kappa shape index (κ1) is 93.5. The second-order valence-electron chi connectivity index (χ2n) is 38.6. The molecule has 10 heterocycles. The first-order valence-corrected chi connectivity index (χ1v) is 47.5. The molecular weight excluding hydrogens is 1800 g/mol. The second kappa shape index (κ2) is 37.2. The van der Waals surface area contributed by atoms with E-state index in [0.29, 0.717) is 114 Å². The van der Waals surface area contributed by atoms with Crippen molar-refractivity contribution in [2.75, 3.05) is 31.2 Å². The molecule has 14 aromatic rings. The summed E-state index contributed by atoms with van der Waals surface area (Å²) in [7, 11) is 0. The fraction of sp³-hybridized carbons (Fsp3) is 0.281. The number of carbonyl (C=O) groups excluding carboxylic acids is 4. The molecule has 704 valence electrons. The van der Waals surface area contributed by atoms with Crippen molar-refractivity contribution in [1.29, 1.82) is 0 Å². The van der Waals surface area contributed by atoms with Gasteiger partial charge in [0.2, 0.25) is 22.8 Å². The number of morpholine rings is 1. The summed E-state index contributed by atoms with van der Waals surface area (Å²) >= 11 is 0. The molecule has 9 aliphatic rings. The van der Waals surface area contributed by atoms with Gasteiger partial charge in [0.25, 0.3) is 0 Å². The zero-order valence-corrected chi connectivity index (χ0v) is 78.9. The van der Waals surface area contributed by atoms with Gasteiger partial charge < -0.3 is 28.8 Å². The third-order valence-electron chi connectivity index (χ3n) is 30.7. The highest BCUT2D eigenvalue weighted by Crippen LogP contribution is 2.57. The van der Waals surface area contributed by atoms with Gasteiger partial charge in [0, 0.05) is 150 Å². The molecule has 0 spiro atoms. The summed E-state index contributed by atoms with van der Waals surface area (Å²) in [6, 6.07) is 45.3. The van der Waals surface area contributed by atoms with Crippen LogP contribution in [-0.2, 0) is 71.3 Å². The van der Waals surface area contributed by atoms with Crippen LogP contribution in [0.25, 0.3) is 126 Å². The van der Waals surface area contributed by atoms with Crippen LogP contribution in [0, 0.1) is 103 Å². The topological polar surface area (TPSA) is 257 Å². The minimum absolute atomic E-state index is 0.00636. The Bertz CT molecular complexity index is 7950. The number of anilines is 1. The maximum Gasteiger partial charge on any atom is 0.226 e. The Morgan fingerprint density at radius 3 is 1.15 bits per heavy atom. The third kappa shape index (κ3) is 16.0. The fourth-order valence-electron chi connectivity index (χ4n) is 23.5. The summed E-state index contributed by atoms with van der Waals surface area (Å²) < 4.78 is 82.1. The number of ketones is 4. The summed E-state index contributed by atoms with van der Waals surface area (Å²) in [5, 5.41) is 6.35. The first-order chi connectivity index (χ1) is 68.6. The van der Waals surface area contributed by atoms with E-state index in [1.165, 1.54) is 36.5 Å². The molecule has 5 aromatic carbocycles. The van der Waals surface area contributed by atoms with Crippen LogP contribution in [-0.4, -0.2) is 114 Å². The van der Waals surface area contributed by atoms with E-state index < -0.39 is 33.3 Å². The highest BCUT2D eigenvalue weighted by atomic mass is 19.1. The number of hydrogen-bond acceptors (Lipinski definition) is 18. The van der Waals surface area contributed by atoms with Crippen molar-refractivity contribution in [3.63, 3.8) is 0 Å². The lowest BCUT2D eigenvalue weighted by Crippen LogP contribution is -2.46. The fourth-order valence-corrected chi connectivity index (χ4v) is 23.5. The zero-order valence-electron chi connectivity index (χ0n) is 78.9. The van der Waals surface area contributed by atoms with Gasteiger partial charge in [0.05, 0.1) is 114 Å². The van der Waals surface area contributed by atoms with Crippen molar-refractivity contribution in [3.05, 3.63) is 368 Å². The molecule has 0 radical (unpaired) electrons. The summed E-state index contributed by atoms with van der Waals surface area (Å²) in [4.78, 5) is 120. The van der Waals surface area contributed by atoms with Gasteiger partial charge in [-0.15, -0.1) is 0 Å². The van der Waals surface area contributed by atoms with Crippen LogP contribution in [0.1, 0.15) is 126 Å². The minimum Gasteiger partial charge on any atom is -0.378 e. The SMILES string of the molecule is [C-]#[N+]C1=C[C@@]2(C)c3nc(-c4ccnc(N5CCOCC5)c4)nc(-c4ccccc4F)c3CC[C@@H]2[C@@H](C)C1=O.[C-]#[N+]C1=C[C@@]2(C)c3nc(-c4ccncc4F)nc(-c4ccccc4F)c3CC[C@@H]2[C@@H](C)C1=O.[C-]#[N+]C1=C[C@@]2(C)c3nc(-c4cncc5ccccc45)nc(-c4ccccc4F)c3CC[C@@H]2[C@@H](C)C1=O.[C-]#[N+]C1=C[C@@]2(C)c3nc(-c4cnn5ccccc45)nc(-c4ccccc4F)c3CC[C@@H]2[C@@H](C)C1=O. The molecule has 0 N–H and O–H groups in total. The highest BCUT2D eigenvalue weighted by molar-refractivity contribution is 6.03. The first-order valence-electron chi connectivity index (χ1n) is 47.5. The molecule has 1 fully saturated rings. The molecule has 142 heavy (non-hydrogen) atoms. The number of aromatic nitrogens is 13. The molecule has 9 aromatic heterocycles. The average molecular weight is 1890 g/mol. The Morgan fingerprint density at radius 2 is 0.746 bits per heavy atom. The molecule has 23 rings (SSSR count). The standard InChI is InChI=1S/C30H28FN5O2.C30H23FN4O.C28H22FN5O.C26H20F2N4O/c1-18-22-9-8-21-26(20-6-4-5-7-23(20)31)34-29(35-28(21)30(22,2)17-24(32-3)27(18)37)19-10-11-33-25(16-19)36-12-14-38-15-13-36;1-17-23-13-12-21-26(20-10-6-7-11-24(20)31)34-29(22-16-33-15-18-8-4-5-9-19(18)22)35-28(21)30(23,2)14-25(32-3)27(17)36;1-16-20-12-11-18-24(17-8-4-5-9-21(17)29)32-27(19-15-31-34-13-7-6-10-23(19)34)33-26(18)28(20,2)14-22(30-3)25(16)35;1-14-18-9-8-17-22(15-6-4-5-7-19(15)27)31-25(16-10-11-30-13-20(16)28)32-24(17)26(18,2)12-21(29-3)23(14)33/h4-7,10-11,16-18,22H,8-9,12-15H2,1-2H3;4-11,14-17,23H,12-13H2,1-2H3;4-10,13-16,20H,11-12H2,1-2H3;4-7,10-14,18H,8-9H2,1-2H3/t18-,22-,30-;17-,23-,30-;16-,20-,28-;14-,18-,26-/m1111/s1. The van der Waals surface area contributed by atoms with E-state index in [9.17, 15) is 28.0 Å². The predicted molar refractivity (Wildman–Crippen MR) is 526 cm³/mol. The van der Waals surface area contributed by atoms with Crippen molar-refractivity contribution in [2.45, 2.75) is 128 Å². The van der Waals surface area contributed by atoms with Crippen LogP contribution in [0.3, 0.4) is 0 Å². The summed E-state index contributed by atoms with van der Waals surface area (Å²) in [6.45, 7) is 48.8. The lowest BCUT2D eigenvalue weighted by molar-refractivity contribution is -0.122. The summed E-state index contributed by atoms with van der Waals surface area (Å²) in [6.07, 6.45) is 23.8. The molecule has 8 aliphatic carbocycles. The Labute approximate surface area is 816 Å². The van der Waals surface area contributed by atoms with Gasteiger partial charge in [-0.2, -0.15) is 5.10 Å². The van der Waals surface area contributed by atoms with E-state index in [1.807, 2.05) is 109 Å². The maximum atomic E-state index is 15.2. The van der Waals surface area contributed by atoms with E-state index in [-0.39, 0.29) is 122 Å². The molecule has 1 aliphatic heterocycles. The van der Waals surface area contributed by atoms with Crippen LogP contribution in [0.15, 0.2) is 248 Å². The molecular formula is C114H93F5N18O5. The quantitative estimate of drug-likeness (QED) is 0.0961. The Kier molecular flexibility index (Phi) is 24.5. The Balaban J connectivity index is 0.000000116. The number of nitrogens with zero attached hydrogens (tertiary/aromatic N) is 18. The number of pyridine rings is 4. The molecule has 12 atom stereocenters. The smallest absolute Gasteiger partial charge is 0.226 e. The van der Waals surface area contributed by atoms with Gasteiger partial charge in [-0.25, -0.2) is 90.7 Å². The number of halogens is 5. The van der Waals surface area contributed by atoms with Crippen molar-refractivity contribution in [1.82, 2.24) is 64.4 Å². The monoisotopic (exact) mass is 1890 g/mol.